The number of hydrogen-bond acceptors (Lipinski definition) is 6. The Morgan fingerprint density at radius 1 is 0.833 bits per heavy atom. The summed E-state index contributed by atoms with van der Waals surface area (Å²) in [5.41, 5.74) is 0.660. The number of imide groups is 2. The van der Waals surface area contributed by atoms with Crippen LogP contribution in [0.4, 0.5) is 5.69 Å². The van der Waals surface area contributed by atoms with Crippen LogP contribution in [0.3, 0.4) is 0 Å². The van der Waals surface area contributed by atoms with Crippen molar-refractivity contribution in [1.29, 1.82) is 0 Å². The molecule has 42 heavy (non-hydrogen) atoms. The van der Waals surface area contributed by atoms with Gasteiger partial charge in [-0.2, -0.15) is 5.06 Å². The van der Waals surface area contributed by atoms with E-state index >= 15 is 0 Å². The molecule has 8 nitrogen and oxygen atoms in total. The van der Waals surface area contributed by atoms with Crippen molar-refractivity contribution in [3.63, 3.8) is 0 Å². The molecule has 7 rings (SSSR count). The van der Waals surface area contributed by atoms with E-state index in [9.17, 15) is 29.5 Å². The van der Waals surface area contributed by atoms with Crippen molar-refractivity contribution < 1.29 is 29.5 Å². The van der Waals surface area contributed by atoms with Gasteiger partial charge in [0, 0.05) is 16.0 Å². The van der Waals surface area contributed by atoms with Gasteiger partial charge in [-0.3, -0.25) is 24.4 Å². The Labute approximate surface area is 250 Å². The fourth-order valence-corrected chi connectivity index (χ4v) is 8.29. The van der Waals surface area contributed by atoms with Crippen molar-refractivity contribution >= 4 is 52.5 Å². The van der Waals surface area contributed by atoms with Gasteiger partial charge in [-0.1, -0.05) is 77.3 Å². The van der Waals surface area contributed by atoms with Gasteiger partial charge in [-0.05, 0) is 60.2 Å². The molecule has 6 atom stereocenters. The van der Waals surface area contributed by atoms with Gasteiger partial charge in [0.2, 0.25) is 11.8 Å². The molecule has 2 saturated heterocycles. The summed E-state index contributed by atoms with van der Waals surface area (Å²) in [7, 11) is 0. The van der Waals surface area contributed by atoms with Crippen molar-refractivity contribution in [2.24, 2.45) is 23.7 Å². The Hall–Kier alpha value is -3.98. The molecule has 4 aliphatic rings. The van der Waals surface area contributed by atoms with Crippen molar-refractivity contribution in [3.8, 4) is 5.75 Å². The minimum absolute atomic E-state index is 0.0685. The van der Waals surface area contributed by atoms with E-state index in [2.05, 4.69) is 0 Å². The number of aromatic hydroxyl groups is 1. The highest BCUT2D eigenvalue weighted by Crippen LogP contribution is 2.65. The largest absolute Gasteiger partial charge is 0.508 e. The number of carbonyl (C=O) groups is 4. The Balaban J connectivity index is 1.53. The summed E-state index contributed by atoms with van der Waals surface area (Å²) < 4.78 is 0. The molecule has 0 aromatic heterocycles. The van der Waals surface area contributed by atoms with Crippen molar-refractivity contribution in [2.45, 2.75) is 24.2 Å². The maximum Gasteiger partial charge on any atom is 0.257 e. The molecule has 10 heteroatoms. The number of halogens is 2. The van der Waals surface area contributed by atoms with E-state index in [1.54, 1.807) is 42.5 Å². The average Bonchev–Trinajstić information content (AvgIpc) is 3.34. The molecule has 212 valence electrons. The second-order valence-corrected chi connectivity index (χ2v) is 12.1. The van der Waals surface area contributed by atoms with E-state index in [0.29, 0.717) is 27.4 Å². The number of hydroxylamine groups is 2. The van der Waals surface area contributed by atoms with E-state index in [1.165, 1.54) is 17.0 Å². The third kappa shape index (κ3) is 3.52. The average molecular weight is 603 g/mol. The van der Waals surface area contributed by atoms with Crippen LogP contribution in [0.5, 0.6) is 5.75 Å². The Kier molecular flexibility index (Phi) is 6.10. The van der Waals surface area contributed by atoms with Crippen LogP contribution in [0.2, 0.25) is 10.0 Å². The predicted molar refractivity (Wildman–Crippen MR) is 153 cm³/mol. The smallest absolute Gasteiger partial charge is 0.257 e. The van der Waals surface area contributed by atoms with Gasteiger partial charge in [-0.25, -0.2) is 4.90 Å². The van der Waals surface area contributed by atoms with E-state index in [1.807, 2.05) is 24.3 Å². The summed E-state index contributed by atoms with van der Waals surface area (Å²) in [6.07, 6.45) is 2.15. The fraction of sp³-hybridized carbons (Fsp3) is 0.250. The zero-order chi connectivity index (χ0) is 29.5. The number of fused-ring (bicyclic) bond motifs is 4. The van der Waals surface area contributed by atoms with Crippen LogP contribution >= 0.6 is 23.2 Å². The Morgan fingerprint density at radius 3 is 2.31 bits per heavy atom. The molecule has 2 heterocycles. The third-order valence-corrected chi connectivity index (χ3v) is 10.0. The van der Waals surface area contributed by atoms with Crippen molar-refractivity contribution in [1.82, 2.24) is 5.06 Å². The standard InChI is InChI=1S/C32H24Cl2N2O6/c33-17-7-4-8-18(13-17)35-29(39)24-15-23-20(11-12-22-26(23)30(40)36(42)28(22)38)27(21-10-9-19(37)14-25(21)34)32(24,31(35)41)16-5-2-1-3-6-16/h1-11,13-14,22-24,26-27,37,42H,12,15H2. The summed E-state index contributed by atoms with van der Waals surface area (Å²) >= 11 is 13.1. The van der Waals surface area contributed by atoms with Gasteiger partial charge in [0.05, 0.1) is 28.9 Å². The van der Waals surface area contributed by atoms with Gasteiger partial charge < -0.3 is 5.11 Å². The minimum Gasteiger partial charge on any atom is -0.508 e. The molecule has 2 N–H and O–H groups in total. The number of hydrogen-bond donors (Lipinski definition) is 2. The number of anilines is 1. The minimum atomic E-state index is -1.47. The normalized spacial score (nSPS) is 30.3. The number of phenolic OH excluding ortho intramolecular Hbond substituents is 1. The number of nitrogens with zero attached hydrogens (tertiary/aromatic N) is 2. The fourth-order valence-electron chi connectivity index (χ4n) is 7.82. The molecule has 1 saturated carbocycles. The number of rotatable bonds is 3. The van der Waals surface area contributed by atoms with E-state index in [4.69, 9.17) is 23.2 Å². The molecule has 3 aromatic carbocycles. The molecule has 0 bridgehead atoms. The number of benzene rings is 3. The molecule has 3 fully saturated rings. The quantitative estimate of drug-likeness (QED) is 0.240. The SMILES string of the molecule is O=C1C2CC=C3C(CC4C(=O)N(c5cccc(Cl)c5)C(=O)C4(c4ccccc4)C3c3ccc(O)cc3Cl)C2C(=O)N1O. The number of allylic oxidation sites excluding steroid dienone is 2. The first-order valence-corrected chi connectivity index (χ1v) is 14.4. The van der Waals surface area contributed by atoms with Gasteiger partial charge in [-0.15, -0.1) is 0 Å². The zero-order valence-electron chi connectivity index (χ0n) is 22.0. The molecule has 2 aliphatic carbocycles. The lowest BCUT2D eigenvalue weighted by atomic mass is 9.49. The lowest BCUT2D eigenvalue weighted by Gasteiger charge is -2.50. The highest BCUT2D eigenvalue weighted by molar-refractivity contribution is 6.33. The molecule has 4 amide bonds. The monoisotopic (exact) mass is 602 g/mol. The maximum atomic E-state index is 15.0. The second kappa shape index (κ2) is 9.52. The van der Waals surface area contributed by atoms with Gasteiger partial charge >= 0.3 is 0 Å². The third-order valence-electron chi connectivity index (χ3n) is 9.44. The first kappa shape index (κ1) is 26.9. The molecule has 3 aromatic rings. The predicted octanol–water partition coefficient (Wildman–Crippen LogP) is 5.25. The van der Waals surface area contributed by atoms with Crippen LogP contribution in [0.15, 0.2) is 84.4 Å². The van der Waals surface area contributed by atoms with Crippen LogP contribution in [-0.2, 0) is 24.6 Å². The molecule has 2 aliphatic heterocycles. The molecular formula is C32H24Cl2N2O6. The van der Waals surface area contributed by atoms with Crippen LogP contribution in [-0.4, -0.2) is 39.0 Å². The van der Waals surface area contributed by atoms with Crippen LogP contribution in [0, 0.1) is 23.7 Å². The second-order valence-electron chi connectivity index (χ2n) is 11.3. The lowest BCUT2D eigenvalue weighted by molar-refractivity contribution is -0.173. The zero-order valence-corrected chi connectivity index (χ0v) is 23.5. The van der Waals surface area contributed by atoms with Crippen LogP contribution < -0.4 is 4.90 Å². The number of carbonyl (C=O) groups excluding carboxylic acids is 4. The maximum absolute atomic E-state index is 15.0. The topological polar surface area (TPSA) is 115 Å². The highest BCUT2D eigenvalue weighted by Gasteiger charge is 2.70. The van der Waals surface area contributed by atoms with E-state index < -0.39 is 58.6 Å². The number of amides is 4. The number of phenols is 1. The van der Waals surface area contributed by atoms with Gasteiger partial charge in [0.25, 0.3) is 11.8 Å². The highest BCUT2D eigenvalue weighted by atomic mass is 35.5. The molecular weight excluding hydrogens is 579 g/mol. The van der Waals surface area contributed by atoms with Crippen LogP contribution in [0.1, 0.15) is 29.9 Å². The van der Waals surface area contributed by atoms with E-state index in [0.717, 1.165) is 0 Å². The first-order chi connectivity index (χ1) is 20.2. The van der Waals surface area contributed by atoms with Crippen LogP contribution in [0.25, 0.3) is 0 Å². The van der Waals surface area contributed by atoms with Crippen molar-refractivity contribution in [2.75, 3.05) is 4.90 Å². The van der Waals surface area contributed by atoms with Gasteiger partial charge in [0.1, 0.15) is 5.75 Å². The first-order valence-electron chi connectivity index (χ1n) is 13.6. The summed E-state index contributed by atoms with van der Waals surface area (Å²) in [5.74, 6) is -6.42. The summed E-state index contributed by atoms with van der Waals surface area (Å²) in [6.45, 7) is 0. The van der Waals surface area contributed by atoms with Gasteiger partial charge in [0.15, 0.2) is 0 Å². The Morgan fingerprint density at radius 2 is 1.60 bits per heavy atom. The summed E-state index contributed by atoms with van der Waals surface area (Å²) in [4.78, 5) is 56.7. The summed E-state index contributed by atoms with van der Waals surface area (Å²) in [5, 5.41) is 21.2. The lowest BCUT2D eigenvalue weighted by Crippen LogP contribution is -2.53. The van der Waals surface area contributed by atoms with Crippen molar-refractivity contribution in [3.05, 3.63) is 106 Å². The van der Waals surface area contributed by atoms with E-state index in [-0.39, 0.29) is 28.7 Å². The summed E-state index contributed by atoms with van der Waals surface area (Å²) in [6, 6.07) is 20.1. The molecule has 6 unspecified atom stereocenters. The molecule has 0 spiro atoms. The Bertz CT molecular complexity index is 1720. The molecule has 0 radical (unpaired) electrons.